The van der Waals surface area contributed by atoms with Crippen molar-refractivity contribution in [2.75, 3.05) is 10.7 Å². The lowest BCUT2D eigenvalue weighted by Crippen LogP contribution is -2.44. The zero-order chi connectivity index (χ0) is 32.7. The summed E-state index contributed by atoms with van der Waals surface area (Å²) in [5.41, 5.74) is 7.59. The Hall–Kier alpha value is -4.62. The molecule has 2 N–H and O–H groups in total. The Morgan fingerprint density at radius 3 is 2.13 bits per heavy atom. The van der Waals surface area contributed by atoms with Gasteiger partial charge < -0.3 is 19.7 Å². The average molecular weight is 634 g/mol. The minimum Gasteiger partial charge on any atom is -0.443 e. The largest absolute Gasteiger partial charge is 0.443 e. The number of fused-ring (bicyclic) bond motifs is 1. The Kier molecular flexibility index (Phi) is 8.27. The molecule has 0 spiro atoms. The van der Waals surface area contributed by atoms with Crippen molar-refractivity contribution in [2.45, 2.75) is 70.6 Å². The van der Waals surface area contributed by atoms with Crippen molar-refractivity contribution in [3.63, 3.8) is 0 Å². The van der Waals surface area contributed by atoms with Crippen molar-refractivity contribution in [1.82, 2.24) is 15.1 Å². The van der Waals surface area contributed by atoms with Gasteiger partial charge in [-0.15, -0.1) is 0 Å². The summed E-state index contributed by atoms with van der Waals surface area (Å²) >= 11 is 0. The molecule has 2 aromatic heterocycles. The molecule has 0 bridgehead atoms. The van der Waals surface area contributed by atoms with Crippen LogP contribution in [0.3, 0.4) is 0 Å². The van der Waals surface area contributed by atoms with Gasteiger partial charge in [-0.25, -0.2) is 28.0 Å². The van der Waals surface area contributed by atoms with Crippen LogP contribution in [0.2, 0.25) is 0 Å². The van der Waals surface area contributed by atoms with E-state index < -0.39 is 33.2 Å². The number of ether oxygens (including phenoxy) is 2. The summed E-state index contributed by atoms with van der Waals surface area (Å²) in [7, 11) is -3.33. The number of aromatic nitrogens is 3. The third kappa shape index (κ3) is 7.04. The first-order valence-electron chi connectivity index (χ1n) is 14.3. The Bertz CT molecular complexity index is 1840. The zero-order valence-corrected chi connectivity index (χ0v) is 26.8. The number of hydrogen-bond acceptors (Lipinski definition) is 11. The topological polar surface area (TPSA) is 168 Å². The van der Waals surface area contributed by atoms with E-state index in [2.05, 4.69) is 10.1 Å². The number of anilines is 1. The second-order valence-corrected chi connectivity index (χ2v) is 14.7. The molecule has 0 aliphatic carbocycles. The summed E-state index contributed by atoms with van der Waals surface area (Å²) in [4.78, 5) is 37.3. The Balaban J connectivity index is 1.67. The smallest absolute Gasteiger partial charge is 0.425 e. The zero-order valence-electron chi connectivity index (χ0n) is 25.9. The molecular weight excluding hydrogens is 598 g/mol. The molecule has 1 aliphatic heterocycles. The van der Waals surface area contributed by atoms with E-state index in [4.69, 9.17) is 24.7 Å². The summed E-state index contributed by atoms with van der Waals surface area (Å²) in [6, 6.07) is 14.0. The fourth-order valence-corrected chi connectivity index (χ4v) is 6.18. The van der Waals surface area contributed by atoms with E-state index in [9.17, 15) is 18.0 Å². The van der Waals surface area contributed by atoms with Crippen LogP contribution in [0.1, 0.15) is 52.7 Å². The number of imide groups is 1. The van der Waals surface area contributed by atoms with E-state index in [0.29, 0.717) is 40.4 Å². The van der Waals surface area contributed by atoms with Gasteiger partial charge in [0, 0.05) is 23.7 Å². The number of benzene rings is 2. The van der Waals surface area contributed by atoms with Gasteiger partial charge in [-0.05, 0) is 71.2 Å². The van der Waals surface area contributed by atoms with E-state index in [1.54, 1.807) is 65.8 Å². The van der Waals surface area contributed by atoms with Crippen LogP contribution in [0.15, 0.2) is 64.1 Å². The van der Waals surface area contributed by atoms with E-state index >= 15 is 0 Å². The molecule has 2 aromatic carbocycles. The minimum atomic E-state index is -3.33. The third-order valence-electron chi connectivity index (χ3n) is 6.68. The van der Waals surface area contributed by atoms with Crippen LogP contribution in [0.25, 0.3) is 34.0 Å². The van der Waals surface area contributed by atoms with Crippen molar-refractivity contribution in [2.24, 2.45) is 5.73 Å². The van der Waals surface area contributed by atoms with Gasteiger partial charge >= 0.3 is 12.2 Å². The number of nitrogens with zero attached hydrogens (tertiary/aromatic N) is 4. The highest BCUT2D eigenvalue weighted by atomic mass is 32.2. The van der Waals surface area contributed by atoms with E-state index in [1.165, 1.54) is 6.20 Å². The van der Waals surface area contributed by atoms with Gasteiger partial charge in [-0.2, -0.15) is 4.90 Å². The first kappa shape index (κ1) is 31.8. The molecule has 0 saturated heterocycles. The molecule has 236 valence electrons. The normalized spacial score (nSPS) is 14.1. The molecule has 4 aromatic rings. The summed E-state index contributed by atoms with van der Waals surface area (Å²) in [6.07, 6.45) is -0.294. The molecule has 0 fully saturated rings. The van der Waals surface area contributed by atoms with Crippen LogP contribution < -0.4 is 10.6 Å². The minimum absolute atomic E-state index is 0.00895. The molecule has 2 amide bonds. The van der Waals surface area contributed by atoms with Gasteiger partial charge in [0.05, 0.1) is 22.5 Å². The van der Waals surface area contributed by atoms with Gasteiger partial charge in [0.2, 0.25) is 0 Å². The Morgan fingerprint density at radius 1 is 0.911 bits per heavy atom. The lowest BCUT2D eigenvalue weighted by atomic mass is 10.1. The molecule has 5 rings (SSSR count). The first-order valence-corrected chi connectivity index (χ1v) is 16.0. The van der Waals surface area contributed by atoms with Crippen molar-refractivity contribution in [3.8, 4) is 34.0 Å². The van der Waals surface area contributed by atoms with Crippen LogP contribution >= 0.6 is 0 Å². The second kappa shape index (κ2) is 11.7. The lowest BCUT2D eigenvalue weighted by Gasteiger charge is -2.28. The number of aryl methyl sites for hydroxylation is 1. The predicted octanol–water partition coefficient (Wildman–Crippen LogP) is 5.93. The fraction of sp³-hybridized carbons (Fsp3) is 0.344. The fourth-order valence-electron chi connectivity index (χ4n) is 4.64. The number of hydrogen-bond donors (Lipinski definition) is 1. The predicted molar refractivity (Wildman–Crippen MR) is 167 cm³/mol. The molecule has 3 heterocycles. The molecule has 0 unspecified atom stereocenters. The number of carbonyl (C=O) groups is 2. The maximum Gasteiger partial charge on any atom is 0.425 e. The summed E-state index contributed by atoms with van der Waals surface area (Å²) < 4.78 is 41.6. The molecule has 0 saturated carbocycles. The molecule has 0 atom stereocenters. The molecule has 45 heavy (non-hydrogen) atoms. The van der Waals surface area contributed by atoms with Gasteiger partial charge in [0.25, 0.3) is 0 Å². The quantitative estimate of drug-likeness (QED) is 0.276. The monoisotopic (exact) mass is 633 g/mol. The number of sulfone groups is 1. The maximum atomic E-state index is 13.5. The van der Waals surface area contributed by atoms with E-state index in [0.717, 1.165) is 11.1 Å². The number of carbonyl (C=O) groups excluding carboxylic acids is 2. The highest BCUT2D eigenvalue weighted by Gasteiger charge is 2.37. The van der Waals surface area contributed by atoms with Gasteiger partial charge in [-0.1, -0.05) is 35.5 Å². The van der Waals surface area contributed by atoms with Crippen LogP contribution in [0, 0.1) is 0 Å². The Morgan fingerprint density at radius 2 is 1.53 bits per heavy atom. The SMILES string of the molecule is CC(C)(C)OC(=O)N(C(=O)OC(C)(C)C)c1ncc(-c2ccc3c(c2)CCS3(=O)=O)nc1-c1cc(-c2ccc(CN)cc2)no1. The Labute approximate surface area is 261 Å². The number of nitrogens with two attached hydrogens (primary N) is 1. The maximum absolute atomic E-state index is 13.5. The summed E-state index contributed by atoms with van der Waals surface area (Å²) in [6.45, 7) is 10.4. The van der Waals surface area contributed by atoms with Crippen LogP contribution in [0.4, 0.5) is 15.4 Å². The highest BCUT2D eigenvalue weighted by molar-refractivity contribution is 7.91. The summed E-state index contributed by atoms with van der Waals surface area (Å²) in [5.74, 6) is -0.0551. The standard InChI is InChI=1S/C32H35N5O7S/c1-31(2,3)42-29(38)37(30(39)43-32(4,5)6)28-27(25-16-23(36-44-25)20-9-7-19(17-33)8-10-20)35-24(18-34-28)21-11-12-26-22(15-21)13-14-45(26,40)41/h7-12,15-16,18H,13-14,17,33H2,1-6H3. The molecule has 1 aliphatic rings. The van der Waals surface area contributed by atoms with Crippen molar-refractivity contribution >= 4 is 27.8 Å². The van der Waals surface area contributed by atoms with E-state index in [1.807, 2.05) is 24.3 Å². The molecule has 12 nitrogen and oxygen atoms in total. The van der Waals surface area contributed by atoms with Crippen molar-refractivity contribution in [1.29, 1.82) is 0 Å². The first-order chi connectivity index (χ1) is 21.0. The number of amides is 2. The lowest BCUT2D eigenvalue weighted by molar-refractivity contribution is 0.0429. The van der Waals surface area contributed by atoms with Crippen LogP contribution in [0.5, 0.6) is 0 Å². The molecule has 13 heteroatoms. The van der Waals surface area contributed by atoms with E-state index in [-0.39, 0.29) is 27.9 Å². The summed E-state index contributed by atoms with van der Waals surface area (Å²) in [5, 5.41) is 4.20. The highest BCUT2D eigenvalue weighted by Crippen LogP contribution is 2.36. The average Bonchev–Trinajstić information content (AvgIpc) is 3.56. The second-order valence-electron chi connectivity index (χ2n) is 12.6. The van der Waals surface area contributed by atoms with Crippen LogP contribution in [-0.2, 0) is 32.3 Å². The van der Waals surface area contributed by atoms with Gasteiger partial charge in [-0.3, -0.25) is 0 Å². The third-order valence-corrected chi connectivity index (χ3v) is 8.49. The van der Waals surface area contributed by atoms with Gasteiger partial charge in [0.1, 0.15) is 16.9 Å². The van der Waals surface area contributed by atoms with Gasteiger partial charge in [0.15, 0.2) is 27.1 Å². The van der Waals surface area contributed by atoms with Crippen molar-refractivity contribution < 1.29 is 32.0 Å². The molecular formula is C32H35N5O7S. The molecule has 0 radical (unpaired) electrons. The number of rotatable bonds is 5. The van der Waals surface area contributed by atoms with Crippen LogP contribution in [-0.4, -0.2) is 52.7 Å². The van der Waals surface area contributed by atoms with Crippen molar-refractivity contribution in [3.05, 3.63) is 65.9 Å².